The Balaban J connectivity index is 1.49. The van der Waals surface area contributed by atoms with Gasteiger partial charge < -0.3 is 25.8 Å². The second-order valence-corrected chi connectivity index (χ2v) is 12.9. The van der Waals surface area contributed by atoms with Gasteiger partial charge in [-0.2, -0.15) is 0 Å². The molecule has 4 N–H and O–H groups in total. The van der Waals surface area contributed by atoms with Gasteiger partial charge in [-0.25, -0.2) is 0 Å². The molecule has 0 aliphatic carbocycles. The number of benzene rings is 3. The van der Waals surface area contributed by atoms with Crippen molar-refractivity contribution in [1.29, 1.82) is 0 Å². The van der Waals surface area contributed by atoms with Crippen LogP contribution in [-0.2, 0) is 33.6 Å². The van der Waals surface area contributed by atoms with Crippen LogP contribution in [-0.4, -0.2) is 58.6 Å². The van der Waals surface area contributed by atoms with Crippen LogP contribution < -0.4 is 20.7 Å². The lowest BCUT2D eigenvalue weighted by molar-refractivity contribution is -0.130. The maximum absolute atomic E-state index is 13.8. The zero-order chi connectivity index (χ0) is 35.2. The van der Waals surface area contributed by atoms with Gasteiger partial charge in [0.15, 0.2) is 6.61 Å². The first kappa shape index (κ1) is 36.8. The van der Waals surface area contributed by atoms with E-state index in [2.05, 4.69) is 20.9 Å². The van der Waals surface area contributed by atoms with Crippen LogP contribution in [0.15, 0.2) is 103 Å². The number of rotatable bonds is 17. The molecule has 258 valence electrons. The lowest BCUT2D eigenvalue weighted by Gasteiger charge is -2.30. The molecular formula is C40H48N4O5. The molecule has 4 aromatic rings. The van der Waals surface area contributed by atoms with Gasteiger partial charge in [-0.3, -0.25) is 19.4 Å². The molecule has 4 atom stereocenters. The molecule has 3 amide bonds. The summed E-state index contributed by atoms with van der Waals surface area (Å²) in [5, 5.41) is 20.7. The molecular weight excluding hydrogens is 616 g/mol. The standard InChI is InChI=1S/C40H48N4O5/c1-27(2)38(44-36(46)23-32-19-12-20-41-25-32)40(48)42-33(21-30-15-7-5-8-16-30)24-35(45)34(22-31-17-9-6-10-18-31)43-37(47)26-49-39-28(3)13-11-14-29(39)4/h5-20,25,27,33-35,38,45H,21-24,26H2,1-4H3,(H,42,48)(H,43,47)(H,44,46)/t33-,34-,35-,38-/m0/s1. The van der Waals surface area contributed by atoms with Gasteiger partial charge in [0.25, 0.3) is 5.91 Å². The molecule has 0 unspecified atom stereocenters. The van der Waals surface area contributed by atoms with Crippen molar-refractivity contribution in [2.75, 3.05) is 6.61 Å². The molecule has 1 aromatic heterocycles. The topological polar surface area (TPSA) is 130 Å². The average Bonchev–Trinajstić information content (AvgIpc) is 3.08. The third-order valence-corrected chi connectivity index (χ3v) is 8.42. The van der Waals surface area contributed by atoms with Gasteiger partial charge >= 0.3 is 0 Å². The number of aliphatic hydroxyl groups is 1. The van der Waals surface area contributed by atoms with Gasteiger partial charge in [-0.05, 0) is 72.9 Å². The van der Waals surface area contributed by atoms with Crippen LogP contribution in [0.1, 0.15) is 48.1 Å². The van der Waals surface area contributed by atoms with E-state index in [1.54, 1.807) is 18.5 Å². The number of ether oxygens (including phenoxy) is 1. The molecule has 4 rings (SSSR count). The molecule has 0 radical (unpaired) electrons. The first-order valence-corrected chi connectivity index (χ1v) is 16.8. The monoisotopic (exact) mass is 664 g/mol. The van der Waals surface area contributed by atoms with Gasteiger partial charge in [-0.15, -0.1) is 0 Å². The van der Waals surface area contributed by atoms with Crippen molar-refractivity contribution in [3.05, 3.63) is 131 Å². The maximum atomic E-state index is 13.8. The third kappa shape index (κ3) is 11.9. The number of hydrogen-bond donors (Lipinski definition) is 4. The zero-order valence-electron chi connectivity index (χ0n) is 28.8. The summed E-state index contributed by atoms with van der Waals surface area (Å²) in [7, 11) is 0. The average molecular weight is 665 g/mol. The van der Waals surface area contributed by atoms with Crippen LogP contribution in [0.3, 0.4) is 0 Å². The zero-order valence-corrected chi connectivity index (χ0v) is 28.8. The molecule has 0 saturated heterocycles. The minimum Gasteiger partial charge on any atom is -0.483 e. The van der Waals surface area contributed by atoms with E-state index in [0.717, 1.165) is 27.8 Å². The van der Waals surface area contributed by atoms with Crippen molar-refractivity contribution in [2.45, 2.75) is 77.6 Å². The van der Waals surface area contributed by atoms with Crippen molar-refractivity contribution in [3.63, 3.8) is 0 Å². The highest BCUT2D eigenvalue weighted by atomic mass is 16.5. The third-order valence-electron chi connectivity index (χ3n) is 8.42. The Kier molecular flexibility index (Phi) is 13.9. The number of aromatic nitrogens is 1. The first-order chi connectivity index (χ1) is 23.6. The molecule has 9 heteroatoms. The normalized spacial score (nSPS) is 13.5. The van der Waals surface area contributed by atoms with Crippen LogP contribution in [0.2, 0.25) is 0 Å². The van der Waals surface area contributed by atoms with E-state index in [9.17, 15) is 19.5 Å². The highest BCUT2D eigenvalue weighted by Crippen LogP contribution is 2.22. The summed E-state index contributed by atoms with van der Waals surface area (Å²) >= 11 is 0. The Labute approximate surface area is 289 Å². The number of nitrogens with one attached hydrogen (secondary N) is 3. The summed E-state index contributed by atoms with van der Waals surface area (Å²) in [5.41, 5.74) is 4.54. The number of aliphatic hydroxyl groups excluding tert-OH is 1. The Morgan fingerprint density at radius 3 is 1.94 bits per heavy atom. The summed E-state index contributed by atoms with van der Waals surface area (Å²) in [6.45, 7) is 7.41. The van der Waals surface area contributed by atoms with E-state index in [1.165, 1.54) is 0 Å². The Morgan fingerprint density at radius 1 is 0.735 bits per heavy atom. The van der Waals surface area contributed by atoms with Gasteiger partial charge in [0.2, 0.25) is 11.8 Å². The Hall–Kier alpha value is -5.02. The van der Waals surface area contributed by atoms with E-state index in [4.69, 9.17) is 4.74 Å². The predicted molar refractivity (Wildman–Crippen MR) is 191 cm³/mol. The van der Waals surface area contributed by atoms with Gasteiger partial charge in [-0.1, -0.05) is 98.8 Å². The number of aryl methyl sites for hydroxylation is 2. The van der Waals surface area contributed by atoms with E-state index >= 15 is 0 Å². The molecule has 0 saturated carbocycles. The number of pyridine rings is 1. The van der Waals surface area contributed by atoms with E-state index in [1.807, 2.05) is 113 Å². The predicted octanol–water partition coefficient (Wildman–Crippen LogP) is 4.67. The fraction of sp³-hybridized carbons (Fsp3) is 0.350. The maximum Gasteiger partial charge on any atom is 0.258 e. The largest absolute Gasteiger partial charge is 0.483 e. The molecule has 3 aromatic carbocycles. The minimum atomic E-state index is -1.02. The summed E-state index contributed by atoms with van der Waals surface area (Å²) in [4.78, 5) is 44.0. The fourth-order valence-electron chi connectivity index (χ4n) is 5.85. The highest BCUT2D eigenvalue weighted by molar-refractivity contribution is 5.88. The highest BCUT2D eigenvalue weighted by Gasteiger charge is 2.30. The molecule has 0 aliphatic heterocycles. The van der Waals surface area contributed by atoms with E-state index in [-0.39, 0.29) is 43.1 Å². The number of carbonyl (C=O) groups excluding carboxylic acids is 3. The number of para-hydroxylation sites is 1. The van der Waals surface area contributed by atoms with Crippen molar-refractivity contribution in [1.82, 2.24) is 20.9 Å². The van der Waals surface area contributed by atoms with Gasteiger partial charge in [0.05, 0.1) is 18.6 Å². The second-order valence-electron chi connectivity index (χ2n) is 12.9. The smallest absolute Gasteiger partial charge is 0.258 e. The van der Waals surface area contributed by atoms with Crippen LogP contribution in [0.25, 0.3) is 0 Å². The lowest BCUT2D eigenvalue weighted by atomic mass is 9.93. The summed E-state index contributed by atoms with van der Waals surface area (Å²) in [5.74, 6) is -0.510. The van der Waals surface area contributed by atoms with Crippen molar-refractivity contribution >= 4 is 17.7 Å². The fourth-order valence-corrected chi connectivity index (χ4v) is 5.85. The molecule has 0 fully saturated rings. The number of nitrogens with zero attached hydrogens (tertiary/aromatic N) is 1. The lowest BCUT2D eigenvalue weighted by Crippen LogP contribution is -2.54. The van der Waals surface area contributed by atoms with Crippen molar-refractivity contribution < 1.29 is 24.2 Å². The van der Waals surface area contributed by atoms with Crippen LogP contribution in [0, 0.1) is 19.8 Å². The molecule has 0 bridgehead atoms. The minimum absolute atomic E-state index is 0.102. The molecule has 49 heavy (non-hydrogen) atoms. The van der Waals surface area contributed by atoms with Crippen molar-refractivity contribution in [2.24, 2.45) is 5.92 Å². The first-order valence-electron chi connectivity index (χ1n) is 16.8. The van der Waals surface area contributed by atoms with Crippen LogP contribution in [0.5, 0.6) is 5.75 Å². The van der Waals surface area contributed by atoms with Crippen LogP contribution >= 0.6 is 0 Å². The van der Waals surface area contributed by atoms with E-state index in [0.29, 0.717) is 18.6 Å². The Morgan fingerprint density at radius 2 is 1.35 bits per heavy atom. The van der Waals surface area contributed by atoms with E-state index < -0.39 is 24.2 Å². The van der Waals surface area contributed by atoms with Crippen LogP contribution in [0.4, 0.5) is 0 Å². The SMILES string of the molecule is Cc1cccc(C)c1OCC(=O)N[C@@H](Cc1ccccc1)[C@@H](O)C[C@H](Cc1ccccc1)NC(=O)[C@@H](NC(=O)Cc1cccnc1)C(C)C. The summed E-state index contributed by atoms with van der Waals surface area (Å²) < 4.78 is 5.90. The Bertz CT molecular complexity index is 1610. The molecule has 1 heterocycles. The molecule has 0 spiro atoms. The molecule has 9 nitrogen and oxygen atoms in total. The van der Waals surface area contributed by atoms with Gasteiger partial charge in [0.1, 0.15) is 11.8 Å². The van der Waals surface area contributed by atoms with Gasteiger partial charge in [0, 0.05) is 18.4 Å². The molecule has 0 aliphatic rings. The quantitative estimate of drug-likeness (QED) is 0.130. The summed E-state index contributed by atoms with van der Waals surface area (Å²) in [6, 6.07) is 26.8. The number of amides is 3. The second kappa shape index (κ2) is 18.5. The number of hydrogen-bond acceptors (Lipinski definition) is 6. The number of carbonyl (C=O) groups is 3. The van der Waals surface area contributed by atoms with Crippen molar-refractivity contribution in [3.8, 4) is 5.75 Å². The summed E-state index contributed by atoms with van der Waals surface area (Å²) in [6.07, 6.45) is 3.33.